The van der Waals surface area contributed by atoms with Crippen LogP contribution in [0, 0.1) is 0 Å². The van der Waals surface area contributed by atoms with Crippen LogP contribution in [0.15, 0.2) is 0 Å². The minimum absolute atomic E-state index is 0.158. The molecule has 0 aromatic carbocycles. The van der Waals surface area contributed by atoms with Crippen LogP contribution in [0.4, 0.5) is 0 Å². The molecule has 4 atom stereocenters. The smallest absolute Gasteiger partial charge is 0.335 e. The van der Waals surface area contributed by atoms with Crippen molar-refractivity contribution in [3.8, 4) is 0 Å². The molecule has 0 amide bonds. The SMILES string of the molecule is CCCCCCCCCCOC(C(=O)O)C(O)C(O)C(O)CO. The summed E-state index contributed by atoms with van der Waals surface area (Å²) in [6.07, 6.45) is 1.87. The van der Waals surface area contributed by atoms with Crippen molar-refractivity contribution in [3.63, 3.8) is 0 Å². The second-order valence-electron chi connectivity index (χ2n) is 5.84. The quantitative estimate of drug-likeness (QED) is 0.278. The van der Waals surface area contributed by atoms with Gasteiger partial charge in [-0.25, -0.2) is 4.79 Å². The minimum atomic E-state index is -1.80. The first-order valence-corrected chi connectivity index (χ1v) is 8.45. The Balaban J connectivity index is 3.95. The summed E-state index contributed by atoms with van der Waals surface area (Å²) in [6, 6.07) is 0. The van der Waals surface area contributed by atoms with Gasteiger partial charge in [0.25, 0.3) is 0 Å². The molecule has 0 aromatic heterocycles. The number of carbonyl (C=O) groups is 1. The topological polar surface area (TPSA) is 127 Å². The Hall–Kier alpha value is -0.730. The number of hydrogen-bond acceptors (Lipinski definition) is 6. The second kappa shape index (κ2) is 13.7. The van der Waals surface area contributed by atoms with E-state index in [0.717, 1.165) is 19.3 Å². The fraction of sp³-hybridized carbons (Fsp3) is 0.938. The standard InChI is InChI=1S/C16H32O7/c1-2-3-4-5-6-7-8-9-10-23-15(16(21)22)14(20)13(19)12(18)11-17/h12-15,17-20H,2-11H2,1H3,(H,21,22). The molecule has 5 N–H and O–H groups in total. The molecule has 4 unspecified atom stereocenters. The Labute approximate surface area is 137 Å². The molecule has 0 saturated heterocycles. The molecule has 0 radical (unpaired) electrons. The molecule has 0 aliphatic carbocycles. The first-order valence-electron chi connectivity index (χ1n) is 8.45. The summed E-state index contributed by atoms with van der Waals surface area (Å²) >= 11 is 0. The van der Waals surface area contributed by atoms with E-state index < -0.39 is 37.0 Å². The van der Waals surface area contributed by atoms with E-state index in [-0.39, 0.29) is 6.61 Å². The number of aliphatic hydroxyl groups excluding tert-OH is 4. The fourth-order valence-corrected chi connectivity index (χ4v) is 2.28. The van der Waals surface area contributed by atoms with Crippen molar-refractivity contribution in [1.82, 2.24) is 0 Å². The molecule has 0 rings (SSSR count). The Morgan fingerprint density at radius 2 is 1.43 bits per heavy atom. The molecule has 0 aliphatic heterocycles. The van der Waals surface area contributed by atoms with Crippen molar-refractivity contribution < 1.29 is 35.1 Å². The Kier molecular flexibility index (Phi) is 13.3. The number of rotatable bonds is 15. The summed E-state index contributed by atoms with van der Waals surface area (Å²) in [5.74, 6) is -1.42. The molecule has 0 aromatic rings. The van der Waals surface area contributed by atoms with Gasteiger partial charge in [0.05, 0.1) is 6.61 Å². The Bertz CT molecular complexity index is 298. The monoisotopic (exact) mass is 336 g/mol. The van der Waals surface area contributed by atoms with Gasteiger partial charge in [-0.2, -0.15) is 0 Å². The second-order valence-corrected chi connectivity index (χ2v) is 5.84. The number of hydrogen-bond donors (Lipinski definition) is 5. The van der Waals surface area contributed by atoms with Crippen LogP contribution >= 0.6 is 0 Å². The van der Waals surface area contributed by atoms with Crippen molar-refractivity contribution in [2.75, 3.05) is 13.2 Å². The minimum Gasteiger partial charge on any atom is -0.479 e. The summed E-state index contributed by atoms with van der Waals surface area (Å²) in [7, 11) is 0. The average molecular weight is 336 g/mol. The lowest BCUT2D eigenvalue weighted by atomic mass is 10.0. The zero-order valence-electron chi connectivity index (χ0n) is 13.9. The van der Waals surface area contributed by atoms with Crippen molar-refractivity contribution >= 4 is 5.97 Å². The molecular weight excluding hydrogens is 304 g/mol. The van der Waals surface area contributed by atoms with E-state index >= 15 is 0 Å². The van der Waals surface area contributed by atoms with Gasteiger partial charge in [-0.1, -0.05) is 51.9 Å². The van der Waals surface area contributed by atoms with Gasteiger partial charge < -0.3 is 30.3 Å². The normalized spacial score (nSPS) is 16.7. The predicted octanol–water partition coefficient (Wildman–Crippen LogP) is 0.672. The van der Waals surface area contributed by atoms with Gasteiger partial charge in [0.1, 0.15) is 18.3 Å². The van der Waals surface area contributed by atoms with Crippen molar-refractivity contribution in [2.24, 2.45) is 0 Å². The molecule has 7 heteroatoms. The van der Waals surface area contributed by atoms with E-state index in [2.05, 4.69) is 6.92 Å². The van der Waals surface area contributed by atoms with Crippen LogP contribution in [0.25, 0.3) is 0 Å². The first-order chi connectivity index (χ1) is 11.0. The van der Waals surface area contributed by atoms with Gasteiger partial charge in [0.2, 0.25) is 0 Å². The lowest BCUT2D eigenvalue weighted by Gasteiger charge is -2.26. The van der Waals surface area contributed by atoms with Crippen molar-refractivity contribution in [1.29, 1.82) is 0 Å². The van der Waals surface area contributed by atoms with Crippen LogP contribution in [0.5, 0.6) is 0 Å². The summed E-state index contributed by atoms with van der Waals surface area (Å²) in [6.45, 7) is 1.55. The predicted molar refractivity (Wildman–Crippen MR) is 85.1 cm³/mol. The molecule has 138 valence electrons. The van der Waals surface area contributed by atoms with Gasteiger partial charge >= 0.3 is 5.97 Å². The van der Waals surface area contributed by atoms with Crippen LogP contribution in [-0.2, 0) is 9.53 Å². The molecule has 0 spiro atoms. The van der Waals surface area contributed by atoms with Gasteiger partial charge in [-0.15, -0.1) is 0 Å². The maximum atomic E-state index is 11.1. The zero-order chi connectivity index (χ0) is 17.7. The molecule has 23 heavy (non-hydrogen) atoms. The molecule has 0 fully saturated rings. The molecule has 0 bridgehead atoms. The number of aliphatic hydroxyl groups is 4. The van der Waals surface area contributed by atoms with Gasteiger partial charge in [0, 0.05) is 6.61 Å². The third kappa shape index (κ3) is 9.88. The van der Waals surface area contributed by atoms with Crippen LogP contribution in [-0.4, -0.2) is 69.1 Å². The van der Waals surface area contributed by atoms with E-state index in [1.807, 2.05) is 0 Å². The summed E-state index contributed by atoms with van der Waals surface area (Å²) < 4.78 is 5.12. The molecule has 0 saturated carbocycles. The molecule has 7 nitrogen and oxygen atoms in total. The number of unbranched alkanes of at least 4 members (excludes halogenated alkanes) is 7. The van der Waals surface area contributed by atoms with E-state index in [1.165, 1.54) is 25.7 Å². The van der Waals surface area contributed by atoms with E-state index in [1.54, 1.807) is 0 Å². The molecular formula is C16H32O7. The molecule has 0 heterocycles. The van der Waals surface area contributed by atoms with Crippen LogP contribution < -0.4 is 0 Å². The van der Waals surface area contributed by atoms with E-state index in [9.17, 15) is 20.1 Å². The van der Waals surface area contributed by atoms with Crippen molar-refractivity contribution in [3.05, 3.63) is 0 Å². The van der Waals surface area contributed by atoms with Crippen LogP contribution in [0.3, 0.4) is 0 Å². The van der Waals surface area contributed by atoms with Crippen molar-refractivity contribution in [2.45, 2.75) is 82.7 Å². The van der Waals surface area contributed by atoms with E-state index in [4.69, 9.17) is 14.9 Å². The largest absolute Gasteiger partial charge is 0.479 e. The maximum Gasteiger partial charge on any atom is 0.335 e. The zero-order valence-corrected chi connectivity index (χ0v) is 13.9. The number of aliphatic carboxylic acids is 1. The Morgan fingerprint density at radius 1 is 0.913 bits per heavy atom. The highest BCUT2D eigenvalue weighted by Crippen LogP contribution is 2.12. The highest BCUT2D eigenvalue weighted by Gasteiger charge is 2.36. The van der Waals surface area contributed by atoms with Gasteiger partial charge in [-0.05, 0) is 6.42 Å². The first kappa shape index (κ1) is 22.3. The fourth-order valence-electron chi connectivity index (χ4n) is 2.28. The number of carboxylic acids is 1. The highest BCUT2D eigenvalue weighted by molar-refractivity contribution is 5.73. The maximum absolute atomic E-state index is 11.1. The Morgan fingerprint density at radius 3 is 1.91 bits per heavy atom. The summed E-state index contributed by atoms with van der Waals surface area (Å²) in [5, 5.41) is 46.3. The van der Waals surface area contributed by atoms with Crippen LogP contribution in [0.2, 0.25) is 0 Å². The number of ether oxygens (including phenoxy) is 1. The molecule has 0 aliphatic rings. The lowest BCUT2D eigenvalue weighted by Crippen LogP contribution is -2.49. The van der Waals surface area contributed by atoms with Gasteiger partial charge in [0.15, 0.2) is 6.10 Å². The lowest BCUT2D eigenvalue weighted by molar-refractivity contribution is -0.172. The average Bonchev–Trinajstić information content (AvgIpc) is 2.54. The highest BCUT2D eigenvalue weighted by atomic mass is 16.5. The summed E-state index contributed by atoms with van der Waals surface area (Å²) in [5.41, 5.74) is 0. The van der Waals surface area contributed by atoms with Crippen LogP contribution in [0.1, 0.15) is 58.3 Å². The third-order valence-corrected chi connectivity index (χ3v) is 3.78. The van der Waals surface area contributed by atoms with E-state index in [0.29, 0.717) is 6.42 Å². The third-order valence-electron chi connectivity index (χ3n) is 3.78. The van der Waals surface area contributed by atoms with Gasteiger partial charge in [-0.3, -0.25) is 0 Å². The number of carboxylic acid groups (broad SMARTS) is 1. The summed E-state index contributed by atoms with van der Waals surface area (Å²) in [4.78, 5) is 11.1.